The Morgan fingerprint density at radius 2 is 0.585 bits per heavy atom. The average molecular weight is 1050 g/mol. The molecule has 0 fully saturated rings. The van der Waals surface area contributed by atoms with Gasteiger partial charge in [0.05, 0.1) is 0 Å². The summed E-state index contributed by atoms with van der Waals surface area (Å²) in [5.74, 6) is 2.12. The topological polar surface area (TPSA) is 9.23 Å². The molecule has 0 atom stereocenters. The highest BCUT2D eigenvalue weighted by molar-refractivity contribution is 6.36. The fraction of sp³-hybridized carbons (Fsp3) is 0.259. The maximum Gasteiger partial charge on any atom is 0.139 e. The minimum atomic E-state index is -0.374. The predicted octanol–water partition coefficient (Wildman–Crippen LogP) is 19.4. The molecular formula is C81H62O. The molecule has 1 heterocycles. The molecule has 12 aromatic rings. The van der Waals surface area contributed by atoms with E-state index in [2.05, 4.69) is 165 Å². The second-order valence-electron chi connectivity index (χ2n) is 29.6. The summed E-state index contributed by atoms with van der Waals surface area (Å²) in [7, 11) is 0. The van der Waals surface area contributed by atoms with Gasteiger partial charge in [0, 0.05) is 27.7 Å². The summed E-state index contributed by atoms with van der Waals surface area (Å²) < 4.78 is 8.19. The predicted molar refractivity (Wildman–Crippen MR) is 339 cm³/mol. The van der Waals surface area contributed by atoms with E-state index in [0.29, 0.717) is 0 Å². The first-order valence-electron chi connectivity index (χ1n) is 30.9. The molecule has 0 aromatic heterocycles. The quantitative estimate of drug-likeness (QED) is 0.157. The molecule has 8 aliphatic carbocycles. The summed E-state index contributed by atoms with van der Waals surface area (Å²) >= 11 is 0. The van der Waals surface area contributed by atoms with Crippen molar-refractivity contribution in [1.29, 1.82) is 0 Å². The lowest BCUT2D eigenvalue weighted by Gasteiger charge is -2.39. The van der Waals surface area contributed by atoms with Gasteiger partial charge in [0.15, 0.2) is 0 Å². The van der Waals surface area contributed by atoms with Crippen LogP contribution in [0.15, 0.2) is 109 Å². The highest BCUT2D eigenvalue weighted by Gasteiger charge is 2.44. The molecule has 0 saturated carbocycles. The van der Waals surface area contributed by atoms with Gasteiger partial charge in [-0.3, -0.25) is 0 Å². The molecule has 1 nitrogen and oxygen atoms in total. The molecule has 392 valence electrons. The van der Waals surface area contributed by atoms with Crippen LogP contribution in [0.5, 0.6) is 11.5 Å². The fourth-order valence-corrected chi connectivity index (χ4v) is 19.2. The van der Waals surface area contributed by atoms with Crippen LogP contribution in [0.1, 0.15) is 189 Å². The Hall–Kier alpha value is -8.00. The van der Waals surface area contributed by atoms with Gasteiger partial charge in [0.2, 0.25) is 0 Å². The maximum atomic E-state index is 8.19. The van der Waals surface area contributed by atoms with E-state index in [1.165, 1.54) is 100 Å². The highest BCUT2D eigenvalue weighted by Crippen LogP contribution is 2.63. The summed E-state index contributed by atoms with van der Waals surface area (Å²) in [5.41, 5.74) is 41.2. The number of hydrogen-bond donors (Lipinski definition) is 0. The van der Waals surface area contributed by atoms with Gasteiger partial charge in [-0.2, -0.15) is 0 Å². The zero-order chi connectivity index (χ0) is 54.3. The van der Waals surface area contributed by atoms with Crippen LogP contribution in [0.25, 0.3) is 86.9 Å². The zero-order valence-electron chi connectivity index (χ0n) is 48.4. The van der Waals surface area contributed by atoms with E-state index in [1.54, 1.807) is 120 Å². The van der Waals surface area contributed by atoms with Crippen LogP contribution >= 0.6 is 0 Å². The molecule has 21 rings (SSSR count). The molecule has 0 N–H and O–H groups in total. The first-order valence-corrected chi connectivity index (χ1v) is 30.9. The molecule has 12 aromatic carbocycles. The largest absolute Gasteiger partial charge is 0.455 e. The van der Waals surface area contributed by atoms with Gasteiger partial charge in [0.1, 0.15) is 11.5 Å². The van der Waals surface area contributed by atoms with Crippen LogP contribution < -0.4 is 4.74 Å². The smallest absolute Gasteiger partial charge is 0.139 e. The van der Waals surface area contributed by atoms with E-state index >= 15 is 0 Å². The van der Waals surface area contributed by atoms with Crippen LogP contribution in [0.2, 0.25) is 0 Å². The lowest BCUT2D eigenvalue weighted by atomic mass is 9.69. The third kappa shape index (κ3) is 5.05. The van der Waals surface area contributed by atoms with E-state index in [0.717, 1.165) is 75.7 Å². The van der Waals surface area contributed by atoms with Gasteiger partial charge in [-0.15, -0.1) is 0 Å². The van der Waals surface area contributed by atoms with Crippen LogP contribution in [-0.2, 0) is 80.5 Å². The first-order chi connectivity index (χ1) is 39.6. The second-order valence-corrected chi connectivity index (χ2v) is 29.6. The van der Waals surface area contributed by atoms with Crippen molar-refractivity contribution in [2.24, 2.45) is 0 Å². The number of rotatable bonds is 2. The van der Waals surface area contributed by atoms with Crippen molar-refractivity contribution >= 4 is 64.6 Å². The van der Waals surface area contributed by atoms with Crippen molar-refractivity contribution in [3.8, 4) is 33.8 Å². The molecule has 0 unspecified atom stereocenters. The molecule has 82 heavy (non-hydrogen) atoms. The Morgan fingerprint density at radius 3 is 0.963 bits per heavy atom. The zero-order valence-corrected chi connectivity index (χ0v) is 48.4. The van der Waals surface area contributed by atoms with Crippen molar-refractivity contribution in [3.63, 3.8) is 0 Å². The Kier molecular flexibility index (Phi) is 7.57. The monoisotopic (exact) mass is 1050 g/mol. The third-order valence-corrected chi connectivity index (χ3v) is 23.1. The Bertz CT molecular complexity index is 4990. The van der Waals surface area contributed by atoms with Crippen LogP contribution in [-0.4, -0.2) is 0 Å². The van der Waals surface area contributed by atoms with Gasteiger partial charge in [0.25, 0.3) is 0 Å². The van der Waals surface area contributed by atoms with Crippen molar-refractivity contribution < 1.29 is 4.74 Å². The Morgan fingerprint density at radius 1 is 0.280 bits per heavy atom. The van der Waals surface area contributed by atoms with Crippen LogP contribution in [0.3, 0.4) is 0 Å². The molecule has 0 saturated heterocycles. The lowest BCUT2D eigenvalue weighted by Crippen LogP contribution is -2.27. The average Bonchev–Trinajstić information content (AvgIpc) is 1.54. The van der Waals surface area contributed by atoms with E-state index in [-0.39, 0.29) is 16.2 Å². The molecule has 0 radical (unpaired) electrons. The van der Waals surface area contributed by atoms with Crippen LogP contribution in [0.4, 0.5) is 0 Å². The van der Waals surface area contributed by atoms with Crippen LogP contribution in [0, 0.1) is 0 Å². The summed E-state index contributed by atoms with van der Waals surface area (Å²) in [6.45, 7) is 19.5. The molecule has 0 amide bonds. The molecule has 0 bridgehead atoms. The number of fused-ring (bicyclic) bond motifs is 10. The lowest BCUT2D eigenvalue weighted by molar-refractivity contribution is 0.418. The molecule has 0 spiro atoms. The van der Waals surface area contributed by atoms with Crippen molar-refractivity contribution in [1.82, 2.24) is 0 Å². The summed E-state index contributed by atoms with van der Waals surface area (Å²) in [6.07, 6.45) is 10.1. The first kappa shape index (κ1) is 44.6. The molecule has 9 aliphatic rings. The van der Waals surface area contributed by atoms with Crippen molar-refractivity contribution in [2.45, 2.75) is 136 Å². The number of ether oxygens (including phenoxy) is 1. The SMILES string of the molecule is CC(C)(C)c1cc(-c2cc3c4c5c(ccc6c5c5c(c7c(c8c5c4c2C8)Cc2ccccc2C7)C6)C3)c2c(c1)C(C)(C)c1cc(C(C)(C)C)cc(-c3cc4c5c6c(ccc7c6c6c(c8c(c9c6c5c3C9)Cc3ccccc3C8)C7)C4)c1O2. The van der Waals surface area contributed by atoms with E-state index in [4.69, 9.17) is 4.74 Å². The Balaban J connectivity index is 0.823. The molecular weight excluding hydrogens is 989 g/mol. The van der Waals surface area contributed by atoms with E-state index in [1.807, 2.05) is 0 Å². The van der Waals surface area contributed by atoms with Gasteiger partial charge in [-0.25, -0.2) is 0 Å². The third-order valence-electron chi connectivity index (χ3n) is 23.1. The van der Waals surface area contributed by atoms with Crippen molar-refractivity contribution in [3.05, 3.63) is 243 Å². The standard InChI is InChI=1S/C81H62O/c1-79(2,3)47-31-61(53-29-45-21-41-17-19-43-27-55-49-23-37-13-9-11-15-39(37)25-51(49)57-35-59(53)73-69(45)65(41)67(43)71(55)75(57)73)77-63(33-47)81(7,8)64-34-48(80(4,5)6)32-62(78(64)82-77)54-30-46-22-42-18-20-44-28-56-50-24-38-14-10-12-16-40(38)26-52(50)58-36-60(54)74-70(46)66(42)68(44)72(56)76(58)74/h9-20,29-34H,21-28,35-36H2,1-8H3. The minimum Gasteiger partial charge on any atom is -0.455 e. The van der Waals surface area contributed by atoms with Gasteiger partial charge in [-0.1, -0.05) is 140 Å². The summed E-state index contributed by atoms with van der Waals surface area (Å²) in [5, 5.41) is 18.8. The Labute approximate surface area is 479 Å². The highest BCUT2D eigenvalue weighted by atomic mass is 16.5. The minimum absolute atomic E-state index is 0.0910. The van der Waals surface area contributed by atoms with Gasteiger partial charge in [-0.05, 0) is 297 Å². The number of benzene rings is 12. The summed E-state index contributed by atoms with van der Waals surface area (Å²) in [4.78, 5) is 0. The second kappa shape index (κ2) is 13.9. The maximum absolute atomic E-state index is 8.19. The van der Waals surface area contributed by atoms with E-state index < -0.39 is 0 Å². The fourth-order valence-electron chi connectivity index (χ4n) is 19.2. The van der Waals surface area contributed by atoms with Gasteiger partial charge < -0.3 is 4.74 Å². The summed E-state index contributed by atoms with van der Waals surface area (Å²) in [6, 6.07) is 44.3. The van der Waals surface area contributed by atoms with Crippen molar-refractivity contribution in [2.75, 3.05) is 0 Å². The molecule has 1 aliphatic heterocycles. The number of hydrogen-bond acceptors (Lipinski definition) is 1. The van der Waals surface area contributed by atoms with E-state index in [9.17, 15) is 0 Å². The van der Waals surface area contributed by atoms with Gasteiger partial charge >= 0.3 is 0 Å². The normalized spacial score (nSPS) is 16.7. The molecule has 1 heteroatoms.